The first-order valence-corrected chi connectivity index (χ1v) is 4.40. The second kappa shape index (κ2) is 4.64. The SMILES string of the molecule is C#CC(C)NC(=O)c1cc(Cl)ccn1. The number of pyridine rings is 1. The summed E-state index contributed by atoms with van der Waals surface area (Å²) in [5.74, 6) is 2.07. The molecule has 0 aliphatic rings. The molecule has 1 atom stereocenters. The third-order valence-corrected chi connectivity index (χ3v) is 1.79. The summed E-state index contributed by atoms with van der Waals surface area (Å²) in [4.78, 5) is 15.3. The number of nitrogens with zero attached hydrogens (tertiary/aromatic N) is 1. The molecule has 1 aromatic rings. The van der Waals surface area contributed by atoms with Crippen molar-refractivity contribution in [2.75, 3.05) is 0 Å². The Labute approximate surface area is 87.5 Å². The summed E-state index contributed by atoms with van der Waals surface area (Å²) in [7, 11) is 0. The second-order valence-corrected chi connectivity index (χ2v) is 3.16. The molecule has 0 radical (unpaired) electrons. The summed E-state index contributed by atoms with van der Waals surface area (Å²) in [6.45, 7) is 1.71. The molecule has 0 bridgehead atoms. The predicted molar refractivity (Wildman–Crippen MR) is 55.0 cm³/mol. The van der Waals surface area contributed by atoms with Crippen molar-refractivity contribution in [3.05, 3.63) is 29.0 Å². The lowest BCUT2D eigenvalue weighted by molar-refractivity contribution is 0.0943. The van der Waals surface area contributed by atoms with Crippen molar-refractivity contribution in [3.8, 4) is 12.3 Å². The Morgan fingerprint density at radius 2 is 2.50 bits per heavy atom. The zero-order valence-corrected chi connectivity index (χ0v) is 8.38. The van der Waals surface area contributed by atoms with Gasteiger partial charge in [0.05, 0.1) is 6.04 Å². The maximum atomic E-state index is 11.4. The van der Waals surface area contributed by atoms with Gasteiger partial charge in [0.1, 0.15) is 5.69 Å². The monoisotopic (exact) mass is 208 g/mol. The third kappa shape index (κ3) is 2.75. The van der Waals surface area contributed by atoms with Gasteiger partial charge in [0, 0.05) is 11.2 Å². The van der Waals surface area contributed by atoms with Crippen LogP contribution in [-0.4, -0.2) is 16.9 Å². The second-order valence-electron chi connectivity index (χ2n) is 2.72. The zero-order chi connectivity index (χ0) is 10.6. The van der Waals surface area contributed by atoms with E-state index in [1.807, 2.05) is 0 Å². The first kappa shape index (κ1) is 10.6. The Bertz CT molecular complexity index is 384. The number of hydrogen-bond donors (Lipinski definition) is 1. The first-order valence-electron chi connectivity index (χ1n) is 4.02. The summed E-state index contributed by atoms with van der Waals surface area (Å²) >= 11 is 5.70. The van der Waals surface area contributed by atoms with E-state index in [4.69, 9.17) is 18.0 Å². The molecule has 0 spiro atoms. The molecule has 0 aromatic carbocycles. The van der Waals surface area contributed by atoms with Gasteiger partial charge in [-0.15, -0.1) is 6.42 Å². The molecule has 4 heteroatoms. The van der Waals surface area contributed by atoms with Crippen LogP contribution in [0.1, 0.15) is 17.4 Å². The van der Waals surface area contributed by atoms with Crippen LogP contribution in [0.25, 0.3) is 0 Å². The van der Waals surface area contributed by atoms with Gasteiger partial charge < -0.3 is 5.32 Å². The van der Waals surface area contributed by atoms with Crippen LogP contribution in [0.15, 0.2) is 18.3 Å². The normalized spacial score (nSPS) is 11.5. The minimum Gasteiger partial charge on any atom is -0.337 e. The van der Waals surface area contributed by atoms with Gasteiger partial charge >= 0.3 is 0 Å². The Morgan fingerprint density at radius 1 is 1.79 bits per heavy atom. The fraction of sp³-hybridized carbons (Fsp3) is 0.200. The van der Waals surface area contributed by atoms with E-state index in [0.717, 1.165) is 0 Å². The van der Waals surface area contributed by atoms with E-state index in [1.54, 1.807) is 13.0 Å². The average molecular weight is 209 g/mol. The number of halogens is 1. The number of rotatable bonds is 2. The van der Waals surface area contributed by atoms with Crippen LogP contribution >= 0.6 is 11.6 Å². The van der Waals surface area contributed by atoms with E-state index >= 15 is 0 Å². The molecule has 1 amide bonds. The topological polar surface area (TPSA) is 42.0 Å². The van der Waals surface area contributed by atoms with E-state index in [0.29, 0.717) is 5.02 Å². The lowest BCUT2D eigenvalue weighted by Crippen LogP contribution is -2.31. The van der Waals surface area contributed by atoms with Crippen LogP contribution in [0.5, 0.6) is 0 Å². The summed E-state index contributed by atoms with van der Waals surface area (Å²) < 4.78 is 0. The van der Waals surface area contributed by atoms with Crippen molar-refractivity contribution >= 4 is 17.5 Å². The largest absolute Gasteiger partial charge is 0.337 e. The van der Waals surface area contributed by atoms with Gasteiger partial charge in [-0.1, -0.05) is 17.5 Å². The summed E-state index contributed by atoms with van der Waals surface area (Å²) in [6.07, 6.45) is 6.59. The molecular weight excluding hydrogens is 200 g/mol. The Hall–Kier alpha value is -1.53. The molecule has 1 unspecified atom stereocenters. The molecule has 3 nitrogen and oxygen atoms in total. The van der Waals surface area contributed by atoms with Gasteiger partial charge in [-0.05, 0) is 19.1 Å². The quantitative estimate of drug-likeness (QED) is 0.749. The fourth-order valence-corrected chi connectivity index (χ4v) is 1.00. The van der Waals surface area contributed by atoms with Gasteiger partial charge in [-0.25, -0.2) is 0 Å². The van der Waals surface area contributed by atoms with Crippen LogP contribution < -0.4 is 5.32 Å². The number of carbonyl (C=O) groups is 1. The molecule has 1 rings (SSSR count). The van der Waals surface area contributed by atoms with Crippen molar-refractivity contribution in [2.45, 2.75) is 13.0 Å². The summed E-state index contributed by atoms with van der Waals surface area (Å²) in [5, 5.41) is 3.05. The van der Waals surface area contributed by atoms with Gasteiger partial charge in [-0.2, -0.15) is 0 Å². The molecule has 72 valence electrons. The van der Waals surface area contributed by atoms with E-state index in [2.05, 4.69) is 16.2 Å². The third-order valence-electron chi connectivity index (χ3n) is 1.55. The maximum Gasteiger partial charge on any atom is 0.270 e. The Kier molecular flexibility index (Phi) is 3.49. The standard InChI is InChI=1S/C10H9ClN2O/c1-3-7(2)13-10(14)9-6-8(11)4-5-12-9/h1,4-7H,2H3,(H,13,14). The molecule has 0 aliphatic heterocycles. The van der Waals surface area contributed by atoms with Crippen LogP contribution in [0.3, 0.4) is 0 Å². The number of hydrogen-bond acceptors (Lipinski definition) is 2. The van der Waals surface area contributed by atoms with E-state index in [-0.39, 0.29) is 17.6 Å². The van der Waals surface area contributed by atoms with Gasteiger partial charge in [0.15, 0.2) is 0 Å². The highest BCUT2D eigenvalue weighted by molar-refractivity contribution is 6.30. The number of amides is 1. The molecule has 0 saturated heterocycles. The Balaban J connectivity index is 2.76. The highest BCUT2D eigenvalue weighted by Crippen LogP contribution is 2.07. The molecule has 1 N–H and O–H groups in total. The van der Waals surface area contributed by atoms with E-state index in [1.165, 1.54) is 12.3 Å². The molecule has 1 heterocycles. The van der Waals surface area contributed by atoms with Crippen molar-refractivity contribution in [2.24, 2.45) is 0 Å². The minimum atomic E-state index is -0.321. The molecular formula is C10H9ClN2O. The summed E-state index contributed by atoms with van der Waals surface area (Å²) in [5.41, 5.74) is 0.264. The smallest absolute Gasteiger partial charge is 0.270 e. The molecule has 1 aromatic heterocycles. The van der Waals surface area contributed by atoms with E-state index < -0.39 is 0 Å². The van der Waals surface area contributed by atoms with Crippen molar-refractivity contribution in [3.63, 3.8) is 0 Å². The van der Waals surface area contributed by atoms with Gasteiger partial charge in [-0.3, -0.25) is 9.78 Å². The van der Waals surface area contributed by atoms with Crippen molar-refractivity contribution in [1.82, 2.24) is 10.3 Å². The van der Waals surface area contributed by atoms with Gasteiger partial charge in [0.2, 0.25) is 0 Å². The van der Waals surface area contributed by atoms with E-state index in [9.17, 15) is 4.79 Å². The van der Waals surface area contributed by atoms with Crippen LogP contribution in [0.2, 0.25) is 5.02 Å². The number of aromatic nitrogens is 1. The lowest BCUT2D eigenvalue weighted by atomic mass is 10.3. The van der Waals surface area contributed by atoms with Crippen molar-refractivity contribution in [1.29, 1.82) is 0 Å². The van der Waals surface area contributed by atoms with Crippen molar-refractivity contribution < 1.29 is 4.79 Å². The number of terminal acetylenes is 1. The molecule has 0 fully saturated rings. The first-order chi connectivity index (χ1) is 6.63. The molecule has 0 aliphatic carbocycles. The van der Waals surface area contributed by atoms with Crippen LogP contribution in [0.4, 0.5) is 0 Å². The maximum absolute atomic E-state index is 11.4. The molecule has 0 saturated carbocycles. The zero-order valence-electron chi connectivity index (χ0n) is 7.62. The highest BCUT2D eigenvalue weighted by Gasteiger charge is 2.08. The lowest BCUT2D eigenvalue weighted by Gasteiger charge is -2.06. The van der Waals surface area contributed by atoms with Crippen LogP contribution in [0, 0.1) is 12.3 Å². The molecule has 14 heavy (non-hydrogen) atoms. The summed E-state index contributed by atoms with van der Waals surface area (Å²) in [6, 6.07) is 2.77. The predicted octanol–water partition coefficient (Wildman–Crippen LogP) is 1.49. The fourth-order valence-electron chi connectivity index (χ4n) is 0.841. The average Bonchev–Trinajstić information content (AvgIpc) is 2.17. The van der Waals surface area contributed by atoms with Crippen LogP contribution in [-0.2, 0) is 0 Å². The minimum absolute atomic E-state index is 0.264. The highest BCUT2D eigenvalue weighted by atomic mass is 35.5. The Morgan fingerprint density at radius 3 is 3.07 bits per heavy atom. The van der Waals surface area contributed by atoms with Gasteiger partial charge in [0.25, 0.3) is 5.91 Å². The number of nitrogens with one attached hydrogen (secondary N) is 1. The number of carbonyl (C=O) groups excluding carboxylic acids is 1.